The van der Waals surface area contributed by atoms with Gasteiger partial charge in [0.05, 0.1) is 11.9 Å². The minimum atomic E-state index is -4.35. The predicted molar refractivity (Wildman–Crippen MR) is 128 cm³/mol. The Morgan fingerprint density at radius 3 is 2.74 bits per heavy atom. The third-order valence-electron chi connectivity index (χ3n) is 6.64. The standard InChI is InChI=1S/C24H32F3N5O2S/c1-31-15-18(14-28-31)4-7-22(33)29-19-5-2-17(3-6-19)8-11-32-12-9-20-21(10-13-32)35-23(30-20)34-16-24(25,26)27/h4,7,14-15,17,19H,2-3,5-6,8-13,16H2,1H3,(H,29,33)/b7-4+/t17-,19-. The summed E-state index contributed by atoms with van der Waals surface area (Å²) in [5, 5.41) is 7.33. The van der Waals surface area contributed by atoms with E-state index in [-0.39, 0.29) is 17.1 Å². The van der Waals surface area contributed by atoms with Crippen molar-refractivity contribution in [3.63, 3.8) is 0 Å². The number of alkyl halides is 3. The van der Waals surface area contributed by atoms with E-state index in [1.807, 2.05) is 13.2 Å². The fraction of sp³-hybridized carbons (Fsp3) is 0.625. The molecule has 7 nitrogen and oxygen atoms in total. The molecule has 192 valence electrons. The topological polar surface area (TPSA) is 72.3 Å². The number of hydrogen-bond acceptors (Lipinski definition) is 6. The van der Waals surface area contributed by atoms with Crippen molar-refractivity contribution < 1.29 is 22.7 Å². The molecule has 0 aromatic carbocycles. The van der Waals surface area contributed by atoms with Crippen molar-refractivity contribution in [2.45, 2.75) is 57.2 Å². The van der Waals surface area contributed by atoms with E-state index in [9.17, 15) is 18.0 Å². The Hall–Kier alpha value is -2.40. The summed E-state index contributed by atoms with van der Waals surface area (Å²) in [4.78, 5) is 20.0. The Morgan fingerprint density at radius 1 is 1.26 bits per heavy atom. The summed E-state index contributed by atoms with van der Waals surface area (Å²) in [6, 6.07) is 0.228. The molecule has 1 N–H and O–H groups in total. The lowest BCUT2D eigenvalue weighted by Crippen LogP contribution is -2.37. The highest BCUT2D eigenvalue weighted by atomic mass is 32.1. The van der Waals surface area contributed by atoms with Gasteiger partial charge in [-0.2, -0.15) is 18.3 Å². The Bertz CT molecular complexity index is 986. The maximum Gasteiger partial charge on any atom is 0.422 e. The second-order valence-electron chi connectivity index (χ2n) is 9.39. The molecular weight excluding hydrogens is 479 g/mol. The lowest BCUT2D eigenvalue weighted by Gasteiger charge is -2.30. The lowest BCUT2D eigenvalue weighted by atomic mass is 9.84. The van der Waals surface area contributed by atoms with Crippen LogP contribution >= 0.6 is 11.3 Å². The average molecular weight is 512 g/mol. The number of carbonyl (C=O) groups excluding carboxylic acids is 1. The van der Waals surface area contributed by atoms with Crippen molar-refractivity contribution in [3.8, 4) is 5.19 Å². The van der Waals surface area contributed by atoms with Crippen LogP contribution in [0.3, 0.4) is 0 Å². The zero-order valence-corrected chi connectivity index (χ0v) is 20.7. The molecule has 0 spiro atoms. The van der Waals surface area contributed by atoms with E-state index in [0.29, 0.717) is 5.92 Å². The second-order valence-corrected chi connectivity index (χ2v) is 10.4. The van der Waals surface area contributed by atoms with Gasteiger partial charge >= 0.3 is 6.18 Å². The van der Waals surface area contributed by atoms with Gasteiger partial charge in [-0.15, -0.1) is 0 Å². The quantitative estimate of drug-likeness (QED) is 0.543. The molecular formula is C24H32F3N5O2S. The molecule has 1 saturated carbocycles. The summed E-state index contributed by atoms with van der Waals surface area (Å²) < 4.78 is 43.6. The number of amides is 1. The molecule has 35 heavy (non-hydrogen) atoms. The number of nitrogens with zero attached hydrogens (tertiary/aromatic N) is 4. The molecule has 3 heterocycles. The SMILES string of the molecule is Cn1cc(/C=C/C(=O)N[C@H]2CC[C@H](CCN3CCc4nc(OCC(F)(F)F)sc4CC3)CC2)cn1. The zero-order valence-electron chi connectivity index (χ0n) is 19.9. The van der Waals surface area contributed by atoms with Crippen molar-refractivity contribution in [1.29, 1.82) is 0 Å². The highest BCUT2D eigenvalue weighted by Crippen LogP contribution is 2.31. The van der Waals surface area contributed by atoms with Crippen LogP contribution in [0.5, 0.6) is 5.19 Å². The molecule has 2 aromatic rings. The first kappa shape index (κ1) is 25.7. The summed E-state index contributed by atoms with van der Waals surface area (Å²) in [7, 11) is 1.84. The van der Waals surface area contributed by atoms with E-state index in [0.717, 1.165) is 80.7 Å². The fourth-order valence-electron chi connectivity index (χ4n) is 4.72. The summed E-state index contributed by atoms with van der Waals surface area (Å²) in [5.41, 5.74) is 1.78. The zero-order chi connectivity index (χ0) is 24.8. The minimum Gasteiger partial charge on any atom is -0.460 e. The predicted octanol–water partition coefficient (Wildman–Crippen LogP) is 4.00. The molecule has 2 aromatic heterocycles. The first-order valence-corrected chi connectivity index (χ1v) is 12.9. The smallest absolute Gasteiger partial charge is 0.422 e. The van der Waals surface area contributed by atoms with Gasteiger partial charge in [0, 0.05) is 55.3 Å². The van der Waals surface area contributed by atoms with Crippen LogP contribution in [0.25, 0.3) is 6.08 Å². The molecule has 0 saturated heterocycles. The number of rotatable bonds is 8. The summed E-state index contributed by atoms with van der Waals surface area (Å²) in [5.74, 6) is 0.599. The van der Waals surface area contributed by atoms with Crippen LogP contribution in [0.2, 0.25) is 0 Å². The number of thiazole rings is 1. The maximum absolute atomic E-state index is 12.4. The molecule has 0 atom stereocenters. The second kappa shape index (κ2) is 11.6. The maximum atomic E-state index is 12.4. The highest BCUT2D eigenvalue weighted by Gasteiger charge is 2.30. The summed E-state index contributed by atoms with van der Waals surface area (Å²) in [6.07, 6.45) is 9.48. The van der Waals surface area contributed by atoms with E-state index in [1.54, 1.807) is 23.0 Å². The Labute approximate surface area is 207 Å². The summed E-state index contributed by atoms with van der Waals surface area (Å²) >= 11 is 1.24. The number of halogens is 3. The Balaban J connectivity index is 1.13. The molecule has 4 rings (SSSR count). The van der Waals surface area contributed by atoms with Crippen LogP contribution in [0.15, 0.2) is 18.5 Å². The third kappa shape index (κ3) is 8.06. The van der Waals surface area contributed by atoms with E-state index in [2.05, 4.69) is 20.3 Å². The van der Waals surface area contributed by atoms with Crippen LogP contribution in [0.1, 0.15) is 48.2 Å². The van der Waals surface area contributed by atoms with Crippen LogP contribution in [0.4, 0.5) is 13.2 Å². The van der Waals surface area contributed by atoms with Gasteiger partial charge in [-0.3, -0.25) is 9.48 Å². The van der Waals surface area contributed by atoms with Crippen molar-refractivity contribution in [3.05, 3.63) is 34.6 Å². The Kier molecular flexibility index (Phi) is 8.48. The fourth-order valence-corrected chi connectivity index (χ4v) is 5.67. The number of aryl methyl sites for hydroxylation is 1. The van der Waals surface area contributed by atoms with Crippen LogP contribution < -0.4 is 10.1 Å². The number of ether oxygens (including phenoxy) is 1. The largest absolute Gasteiger partial charge is 0.460 e. The first-order chi connectivity index (χ1) is 16.7. The number of carbonyl (C=O) groups is 1. The van der Waals surface area contributed by atoms with E-state index in [1.165, 1.54) is 11.3 Å². The molecule has 0 bridgehead atoms. The van der Waals surface area contributed by atoms with Gasteiger partial charge in [0.25, 0.3) is 5.19 Å². The van der Waals surface area contributed by atoms with Crippen molar-refractivity contribution in [2.75, 3.05) is 26.2 Å². The van der Waals surface area contributed by atoms with Crippen molar-refractivity contribution in [2.24, 2.45) is 13.0 Å². The first-order valence-electron chi connectivity index (χ1n) is 12.1. The molecule has 0 radical (unpaired) electrons. The number of nitrogens with one attached hydrogen (secondary N) is 1. The molecule has 1 aliphatic heterocycles. The van der Waals surface area contributed by atoms with Crippen LogP contribution in [-0.4, -0.2) is 64.0 Å². The third-order valence-corrected chi connectivity index (χ3v) is 7.71. The highest BCUT2D eigenvalue weighted by molar-refractivity contribution is 7.13. The lowest BCUT2D eigenvalue weighted by molar-refractivity contribution is -0.153. The van der Waals surface area contributed by atoms with E-state index >= 15 is 0 Å². The van der Waals surface area contributed by atoms with Gasteiger partial charge in [0.1, 0.15) is 0 Å². The van der Waals surface area contributed by atoms with Crippen LogP contribution in [0, 0.1) is 5.92 Å². The number of fused-ring (bicyclic) bond motifs is 1. The van der Waals surface area contributed by atoms with Gasteiger partial charge in [-0.25, -0.2) is 4.98 Å². The number of aromatic nitrogens is 3. The molecule has 11 heteroatoms. The monoisotopic (exact) mass is 511 g/mol. The molecule has 2 aliphatic rings. The molecule has 0 unspecified atom stereocenters. The van der Waals surface area contributed by atoms with Crippen molar-refractivity contribution in [1.82, 2.24) is 25.0 Å². The van der Waals surface area contributed by atoms with Crippen LogP contribution in [-0.2, 0) is 24.7 Å². The summed E-state index contributed by atoms with van der Waals surface area (Å²) in [6.45, 7) is 1.48. The molecule has 1 aliphatic carbocycles. The van der Waals surface area contributed by atoms with Gasteiger partial charge < -0.3 is 15.0 Å². The molecule has 1 fully saturated rings. The van der Waals surface area contributed by atoms with Gasteiger partial charge in [0.15, 0.2) is 6.61 Å². The van der Waals surface area contributed by atoms with E-state index < -0.39 is 12.8 Å². The molecule has 1 amide bonds. The van der Waals surface area contributed by atoms with E-state index in [4.69, 9.17) is 4.74 Å². The average Bonchev–Trinajstić information content (AvgIpc) is 3.36. The van der Waals surface area contributed by atoms with Gasteiger partial charge in [-0.05, 0) is 57.1 Å². The van der Waals surface area contributed by atoms with Gasteiger partial charge in [0.2, 0.25) is 5.91 Å². The Morgan fingerprint density at radius 2 is 2.03 bits per heavy atom. The van der Waals surface area contributed by atoms with Gasteiger partial charge in [-0.1, -0.05) is 11.3 Å². The van der Waals surface area contributed by atoms with Crippen molar-refractivity contribution >= 4 is 23.3 Å². The normalized spacial score (nSPS) is 21.6. The number of hydrogen-bond donors (Lipinski definition) is 1. The minimum absolute atomic E-state index is 0.0603.